The van der Waals surface area contributed by atoms with Gasteiger partial charge >= 0.3 is 0 Å². The van der Waals surface area contributed by atoms with Gasteiger partial charge in [-0.15, -0.1) is 0 Å². The highest BCUT2D eigenvalue weighted by Gasteiger charge is 2.05. The summed E-state index contributed by atoms with van der Waals surface area (Å²) in [5.41, 5.74) is 1.30. The summed E-state index contributed by atoms with van der Waals surface area (Å²) in [7, 11) is 0. The summed E-state index contributed by atoms with van der Waals surface area (Å²) in [5.74, 6) is 0.780. The standard InChI is InChI=1S/C13H15N3O2/c1-8(2)11-7-12(18)16-13(15-11)14-9-3-5-10(17)6-4-9/h3-8,17H,1-2H3,(H2,14,15,16,18). The fourth-order valence-corrected chi connectivity index (χ4v) is 1.51. The van der Waals surface area contributed by atoms with E-state index in [0.717, 1.165) is 11.4 Å². The van der Waals surface area contributed by atoms with Crippen LogP contribution in [0.4, 0.5) is 11.6 Å². The molecule has 0 aliphatic heterocycles. The Morgan fingerprint density at radius 1 is 1.28 bits per heavy atom. The molecule has 2 rings (SSSR count). The maximum absolute atomic E-state index is 11.5. The third-order valence-electron chi connectivity index (χ3n) is 2.48. The minimum atomic E-state index is -0.185. The number of H-pyrrole nitrogens is 1. The summed E-state index contributed by atoms with van der Waals surface area (Å²) in [6.45, 7) is 3.96. The first-order chi connectivity index (χ1) is 8.54. The van der Waals surface area contributed by atoms with Crippen molar-refractivity contribution >= 4 is 11.6 Å². The predicted molar refractivity (Wildman–Crippen MR) is 70.3 cm³/mol. The zero-order valence-electron chi connectivity index (χ0n) is 10.3. The molecule has 0 aliphatic rings. The van der Waals surface area contributed by atoms with Crippen molar-refractivity contribution in [1.82, 2.24) is 9.97 Å². The third kappa shape index (κ3) is 2.88. The van der Waals surface area contributed by atoms with Crippen LogP contribution in [0.1, 0.15) is 25.5 Å². The van der Waals surface area contributed by atoms with Gasteiger partial charge in [0.05, 0.1) is 5.69 Å². The van der Waals surface area contributed by atoms with E-state index in [9.17, 15) is 9.90 Å². The highest BCUT2D eigenvalue weighted by Crippen LogP contribution is 2.17. The van der Waals surface area contributed by atoms with E-state index >= 15 is 0 Å². The van der Waals surface area contributed by atoms with Crippen molar-refractivity contribution in [1.29, 1.82) is 0 Å². The molecule has 0 saturated heterocycles. The van der Waals surface area contributed by atoms with Gasteiger partial charge in [-0.1, -0.05) is 13.8 Å². The molecule has 0 radical (unpaired) electrons. The molecule has 0 bridgehead atoms. The lowest BCUT2D eigenvalue weighted by Crippen LogP contribution is -2.12. The molecule has 2 aromatic rings. The summed E-state index contributed by atoms with van der Waals surface area (Å²) in [6, 6.07) is 8.03. The molecule has 1 aromatic carbocycles. The van der Waals surface area contributed by atoms with Crippen molar-refractivity contribution in [3.05, 3.63) is 46.4 Å². The van der Waals surface area contributed by atoms with Gasteiger partial charge in [0.15, 0.2) is 0 Å². The van der Waals surface area contributed by atoms with Crippen molar-refractivity contribution in [2.24, 2.45) is 0 Å². The highest BCUT2D eigenvalue weighted by atomic mass is 16.3. The summed E-state index contributed by atoms with van der Waals surface area (Å²) in [4.78, 5) is 18.4. The van der Waals surface area contributed by atoms with Gasteiger partial charge in [-0.3, -0.25) is 9.78 Å². The second kappa shape index (κ2) is 4.91. The topological polar surface area (TPSA) is 78.0 Å². The number of phenols is 1. The zero-order chi connectivity index (χ0) is 13.1. The van der Waals surface area contributed by atoms with Crippen LogP contribution >= 0.6 is 0 Å². The lowest BCUT2D eigenvalue weighted by molar-refractivity contribution is 0.475. The molecule has 1 aromatic heterocycles. The average molecular weight is 245 g/mol. The molecule has 0 amide bonds. The van der Waals surface area contributed by atoms with E-state index in [1.165, 1.54) is 6.07 Å². The van der Waals surface area contributed by atoms with Crippen LogP contribution in [0.2, 0.25) is 0 Å². The number of aromatic nitrogens is 2. The van der Waals surface area contributed by atoms with Gasteiger partial charge in [0, 0.05) is 11.8 Å². The number of rotatable bonds is 3. The monoisotopic (exact) mass is 245 g/mol. The molecular formula is C13H15N3O2. The zero-order valence-corrected chi connectivity index (χ0v) is 10.3. The number of aromatic hydroxyl groups is 1. The maximum Gasteiger partial charge on any atom is 0.252 e. The van der Waals surface area contributed by atoms with Crippen molar-refractivity contribution < 1.29 is 5.11 Å². The van der Waals surface area contributed by atoms with Crippen LogP contribution in [0.15, 0.2) is 35.1 Å². The Labute approximate surface area is 105 Å². The second-order valence-electron chi connectivity index (χ2n) is 4.35. The Kier molecular flexibility index (Phi) is 3.32. The summed E-state index contributed by atoms with van der Waals surface area (Å²) < 4.78 is 0. The Bertz CT molecular complexity index is 588. The van der Waals surface area contributed by atoms with Gasteiger partial charge < -0.3 is 10.4 Å². The minimum Gasteiger partial charge on any atom is -0.508 e. The highest BCUT2D eigenvalue weighted by molar-refractivity contribution is 5.54. The normalized spacial score (nSPS) is 10.6. The van der Waals surface area contributed by atoms with Crippen molar-refractivity contribution in [3.8, 4) is 5.75 Å². The molecule has 0 aliphatic carbocycles. The number of anilines is 2. The number of nitrogens with zero attached hydrogens (tertiary/aromatic N) is 1. The Balaban J connectivity index is 2.28. The second-order valence-corrected chi connectivity index (χ2v) is 4.35. The van der Waals surface area contributed by atoms with Crippen LogP contribution < -0.4 is 10.9 Å². The van der Waals surface area contributed by atoms with Crippen molar-refractivity contribution in [2.45, 2.75) is 19.8 Å². The first-order valence-electron chi connectivity index (χ1n) is 5.72. The molecule has 0 spiro atoms. The van der Waals surface area contributed by atoms with Gasteiger partial charge in [-0.2, -0.15) is 0 Å². The van der Waals surface area contributed by atoms with E-state index in [1.54, 1.807) is 24.3 Å². The van der Waals surface area contributed by atoms with E-state index in [0.29, 0.717) is 5.95 Å². The molecule has 18 heavy (non-hydrogen) atoms. The Morgan fingerprint density at radius 3 is 2.56 bits per heavy atom. The maximum atomic E-state index is 11.5. The van der Waals surface area contributed by atoms with E-state index in [-0.39, 0.29) is 17.2 Å². The van der Waals surface area contributed by atoms with E-state index in [4.69, 9.17) is 0 Å². The SMILES string of the molecule is CC(C)c1cc(=O)[nH]c(Nc2ccc(O)cc2)n1. The molecule has 0 atom stereocenters. The van der Waals surface area contributed by atoms with Gasteiger partial charge in [-0.25, -0.2) is 4.98 Å². The van der Waals surface area contributed by atoms with E-state index < -0.39 is 0 Å². The van der Waals surface area contributed by atoms with Crippen molar-refractivity contribution in [2.75, 3.05) is 5.32 Å². The van der Waals surface area contributed by atoms with Crippen LogP contribution in [0.3, 0.4) is 0 Å². The molecule has 5 heteroatoms. The molecule has 1 heterocycles. The molecule has 3 N–H and O–H groups in total. The van der Waals surface area contributed by atoms with Crippen LogP contribution in [0, 0.1) is 0 Å². The fourth-order valence-electron chi connectivity index (χ4n) is 1.51. The van der Waals surface area contributed by atoms with Gasteiger partial charge in [0.2, 0.25) is 5.95 Å². The Morgan fingerprint density at radius 2 is 1.94 bits per heavy atom. The summed E-state index contributed by atoms with van der Waals surface area (Å²) in [5, 5.41) is 12.2. The lowest BCUT2D eigenvalue weighted by atomic mass is 10.1. The van der Waals surface area contributed by atoms with Crippen LogP contribution in [-0.2, 0) is 0 Å². The van der Waals surface area contributed by atoms with Crippen LogP contribution in [0.5, 0.6) is 5.75 Å². The van der Waals surface area contributed by atoms with Gasteiger partial charge in [0.1, 0.15) is 5.75 Å². The molecule has 5 nitrogen and oxygen atoms in total. The molecule has 0 saturated carbocycles. The van der Waals surface area contributed by atoms with Crippen molar-refractivity contribution in [3.63, 3.8) is 0 Å². The first kappa shape index (κ1) is 12.2. The molecule has 0 fully saturated rings. The van der Waals surface area contributed by atoms with Crippen LogP contribution in [0.25, 0.3) is 0 Å². The average Bonchev–Trinajstić information content (AvgIpc) is 2.31. The first-order valence-corrected chi connectivity index (χ1v) is 5.72. The molecule has 0 unspecified atom stereocenters. The predicted octanol–water partition coefficient (Wildman–Crippen LogP) is 2.34. The number of aromatic amines is 1. The van der Waals surface area contributed by atoms with Gasteiger partial charge in [-0.05, 0) is 30.2 Å². The minimum absolute atomic E-state index is 0.185. The Hall–Kier alpha value is -2.30. The van der Waals surface area contributed by atoms with Crippen LogP contribution in [-0.4, -0.2) is 15.1 Å². The quantitative estimate of drug-likeness (QED) is 0.725. The third-order valence-corrected chi connectivity index (χ3v) is 2.48. The number of nitrogens with one attached hydrogen (secondary N) is 2. The number of phenolic OH excluding ortho intramolecular Hbond substituents is 1. The number of hydrogen-bond donors (Lipinski definition) is 3. The fraction of sp³-hybridized carbons (Fsp3) is 0.231. The van der Waals surface area contributed by atoms with E-state index in [2.05, 4.69) is 15.3 Å². The summed E-state index contributed by atoms with van der Waals surface area (Å²) >= 11 is 0. The molecule has 94 valence electrons. The smallest absolute Gasteiger partial charge is 0.252 e. The number of benzene rings is 1. The molecular weight excluding hydrogens is 230 g/mol. The van der Waals surface area contributed by atoms with Gasteiger partial charge in [0.25, 0.3) is 5.56 Å². The van der Waals surface area contributed by atoms with E-state index in [1.807, 2.05) is 13.8 Å². The number of hydrogen-bond acceptors (Lipinski definition) is 4. The largest absolute Gasteiger partial charge is 0.508 e. The summed E-state index contributed by atoms with van der Waals surface area (Å²) in [6.07, 6.45) is 0. The lowest BCUT2D eigenvalue weighted by Gasteiger charge is -2.08.